The van der Waals surface area contributed by atoms with E-state index >= 15 is 0 Å². The van der Waals surface area contributed by atoms with Crippen molar-refractivity contribution in [2.24, 2.45) is 0 Å². The lowest BCUT2D eigenvalue weighted by Gasteiger charge is -2.11. The summed E-state index contributed by atoms with van der Waals surface area (Å²) in [6.45, 7) is 1.10. The lowest BCUT2D eigenvalue weighted by molar-refractivity contribution is 0.271. The normalized spacial score (nSPS) is 10.1. The van der Waals surface area contributed by atoms with Gasteiger partial charge in [0.15, 0.2) is 0 Å². The Kier molecular flexibility index (Phi) is 4.70. The van der Waals surface area contributed by atoms with Gasteiger partial charge in [-0.25, -0.2) is 0 Å². The molecule has 0 radical (unpaired) electrons. The molecule has 20 heavy (non-hydrogen) atoms. The minimum absolute atomic E-state index is 0.00971. The molecule has 0 bridgehead atoms. The number of hydrogen-bond acceptors (Lipinski definition) is 3. The van der Waals surface area contributed by atoms with E-state index in [4.69, 9.17) is 11.2 Å². The number of terminal acetylenes is 1. The Balaban J connectivity index is 2.06. The van der Waals surface area contributed by atoms with Gasteiger partial charge in [0.2, 0.25) is 0 Å². The van der Waals surface area contributed by atoms with E-state index in [0.29, 0.717) is 13.1 Å². The van der Waals surface area contributed by atoms with Gasteiger partial charge in [0, 0.05) is 17.1 Å². The van der Waals surface area contributed by atoms with E-state index in [1.165, 1.54) is 0 Å². The number of ether oxygens (including phenoxy) is 1. The Morgan fingerprint density at radius 2 is 1.90 bits per heavy atom. The summed E-state index contributed by atoms with van der Waals surface area (Å²) in [6, 6.07) is 11.6. The summed E-state index contributed by atoms with van der Waals surface area (Å²) >= 11 is 0. The molecule has 4 heteroatoms. The molecule has 2 N–H and O–H groups in total. The Morgan fingerprint density at radius 3 is 2.50 bits per heavy atom. The highest BCUT2D eigenvalue weighted by Gasteiger charge is 2.06. The molecule has 2 aromatic rings. The van der Waals surface area contributed by atoms with E-state index < -0.39 is 0 Å². The number of hydrogen-bond donors (Lipinski definition) is 2. The highest BCUT2D eigenvalue weighted by Crippen LogP contribution is 2.17. The molecule has 0 saturated carbocycles. The van der Waals surface area contributed by atoms with Crippen LogP contribution < -0.4 is 10.1 Å². The third kappa shape index (κ3) is 3.14. The van der Waals surface area contributed by atoms with E-state index in [0.717, 1.165) is 22.8 Å². The van der Waals surface area contributed by atoms with Crippen LogP contribution in [-0.4, -0.2) is 16.8 Å². The molecule has 1 heterocycles. The van der Waals surface area contributed by atoms with Crippen LogP contribution in [0.15, 0.2) is 36.4 Å². The van der Waals surface area contributed by atoms with Crippen LogP contribution in [0, 0.1) is 12.3 Å². The molecule has 4 nitrogen and oxygen atoms in total. The Hall–Kier alpha value is -2.38. The average molecular weight is 270 g/mol. The molecule has 104 valence electrons. The van der Waals surface area contributed by atoms with E-state index in [9.17, 15) is 5.11 Å². The molecule has 0 aliphatic rings. The fraction of sp³-hybridized carbons (Fsp3) is 0.250. The topological polar surface area (TPSA) is 46.4 Å². The molecule has 2 rings (SSSR count). The Bertz CT molecular complexity index is 594. The van der Waals surface area contributed by atoms with Crippen molar-refractivity contribution in [3.8, 4) is 18.1 Å². The summed E-state index contributed by atoms with van der Waals surface area (Å²) in [4.78, 5) is 0. The zero-order chi connectivity index (χ0) is 14.4. The highest BCUT2D eigenvalue weighted by atomic mass is 16.5. The van der Waals surface area contributed by atoms with Crippen molar-refractivity contribution in [1.82, 2.24) is 4.57 Å². The average Bonchev–Trinajstić information content (AvgIpc) is 2.88. The molecule has 0 amide bonds. The summed E-state index contributed by atoms with van der Waals surface area (Å²) in [7, 11) is 1.64. The first-order valence-electron chi connectivity index (χ1n) is 6.38. The fourth-order valence-electron chi connectivity index (χ4n) is 2.05. The first-order chi connectivity index (χ1) is 9.78. The van der Waals surface area contributed by atoms with E-state index in [2.05, 4.69) is 11.2 Å². The van der Waals surface area contributed by atoms with Crippen LogP contribution in [0.5, 0.6) is 5.75 Å². The first kappa shape index (κ1) is 14.0. The van der Waals surface area contributed by atoms with Crippen LogP contribution in [0.1, 0.15) is 11.4 Å². The van der Waals surface area contributed by atoms with Gasteiger partial charge in [-0.1, -0.05) is 5.92 Å². The highest BCUT2D eigenvalue weighted by molar-refractivity contribution is 5.46. The van der Waals surface area contributed by atoms with Crippen LogP contribution in [0.3, 0.4) is 0 Å². The van der Waals surface area contributed by atoms with Gasteiger partial charge in [-0.3, -0.25) is 0 Å². The second-order valence-electron chi connectivity index (χ2n) is 4.35. The molecule has 0 spiro atoms. The second-order valence-corrected chi connectivity index (χ2v) is 4.35. The predicted molar refractivity (Wildman–Crippen MR) is 79.5 cm³/mol. The van der Waals surface area contributed by atoms with E-state index in [1.54, 1.807) is 7.11 Å². The largest absolute Gasteiger partial charge is 0.497 e. The number of rotatable bonds is 6. The minimum atomic E-state index is -0.00971. The molecule has 0 saturated heterocycles. The quantitative estimate of drug-likeness (QED) is 0.791. The number of anilines is 1. The molecule has 0 unspecified atom stereocenters. The van der Waals surface area contributed by atoms with Crippen molar-refractivity contribution in [2.45, 2.75) is 19.7 Å². The van der Waals surface area contributed by atoms with Gasteiger partial charge in [0.25, 0.3) is 0 Å². The molecular weight excluding hydrogens is 252 g/mol. The van der Waals surface area contributed by atoms with Gasteiger partial charge in [0.1, 0.15) is 5.75 Å². The van der Waals surface area contributed by atoms with Gasteiger partial charge in [-0.05, 0) is 36.4 Å². The summed E-state index contributed by atoms with van der Waals surface area (Å²) in [5.41, 5.74) is 2.88. The zero-order valence-corrected chi connectivity index (χ0v) is 11.5. The third-order valence-corrected chi connectivity index (χ3v) is 3.14. The van der Waals surface area contributed by atoms with Gasteiger partial charge >= 0.3 is 0 Å². The minimum Gasteiger partial charge on any atom is -0.497 e. The Labute approximate surface area is 119 Å². The molecule has 1 aromatic heterocycles. The van der Waals surface area contributed by atoms with Crippen LogP contribution in [0.4, 0.5) is 5.69 Å². The number of aromatic nitrogens is 1. The lowest BCUT2D eigenvalue weighted by atomic mass is 10.3. The van der Waals surface area contributed by atoms with Gasteiger partial charge in [-0.15, -0.1) is 6.42 Å². The number of benzene rings is 1. The van der Waals surface area contributed by atoms with Crippen LogP contribution in [0.2, 0.25) is 0 Å². The van der Waals surface area contributed by atoms with E-state index in [1.807, 2.05) is 41.0 Å². The maximum absolute atomic E-state index is 9.28. The smallest absolute Gasteiger partial charge is 0.119 e. The van der Waals surface area contributed by atoms with E-state index in [-0.39, 0.29) is 6.61 Å². The van der Waals surface area contributed by atoms with Crippen molar-refractivity contribution in [1.29, 1.82) is 0 Å². The van der Waals surface area contributed by atoms with Gasteiger partial charge in [0.05, 0.1) is 26.8 Å². The Morgan fingerprint density at radius 1 is 1.20 bits per heavy atom. The van der Waals surface area contributed by atoms with Crippen LogP contribution >= 0.6 is 0 Å². The van der Waals surface area contributed by atoms with Crippen LogP contribution in [0.25, 0.3) is 0 Å². The lowest BCUT2D eigenvalue weighted by Crippen LogP contribution is -2.09. The summed E-state index contributed by atoms with van der Waals surface area (Å²) < 4.78 is 7.06. The summed E-state index contributed by atoms with van der Waals surface area (Å²) in [5, 5.41) is 12.6. The number of nitrogens with zero attached hydrogens (tertiary/aromatic N) is 1. The number of methoxy groups -OCH3 is 1. The molecule has 0 atom stereocenters. The van der Waals surface area contributed by atoms with Crippen molar-refractivity contribution < 1.29 is 9.84 Å². The number of aliphatic hydroxyl groups is 1. The van der Waals surface area contributed by atoms with Crippen molar-refractivity contribution in [3.63, 3.8) is 0 Å². The second kappa shape index (κ2) is 6.69. The first-order valence-corrected chi connectivity index (χ1v) is 6.38. The monoisotopic (exact) mass is 270 g/mol. The SMILES string of the molecule is C#CCn1c(CO)ccc1CNc1ccc(OC)cc1. The summed E-state index contributed by atoms with van der Waals surface area (Å²) in [6.07, 6.45) is 5.36. The molecule has 0 fully saturated rings. The number of nitrogens with one attached hydrogen (secondary N) is 1. The van der Waals surface area contributed by atoms with Crippen molar-refractivity contribution in [2.75, 3.05) is 12.4 Å². The van der Waals surface area contributed by atoms with Crippen molar-refractivity contribution in [3.05, 3.63) is 47.8 Å². The van der Waals surface area contributed by atoms with Gasteiger partial charge in [-0.2, -0.15) is 0 Å². The third-order valence-electron chi connectivity index (χ3n) is 3.14. The molecule has 0 aliphatic carbocycles. The maximum atomic E-state index is 9.28. The molecular formula is C16H18N2O2. The predicted octanol–water partition coefficient (Wildman–Crippen LogP) is 2.23. The zero-order valence-electron chi connectivity index (χ0n) is 11.5. The fourth-order valence-corrected chi connectivity index (χ4v) is 2.05. The van der Waals surface area contributed by atoms with Crippen molar-refractivity contribution >= 4 is 5.69 Å². The maximum Gasteiger partial charge on any atom is 0.119 e. The molecule has 1 aromatic carbocycles. The summed E-state index contributed by atoms with van der Waals surface area (Å²) in [5.74, 6) is 3.43. The van der Waals surface area contributed by atoms with Crippen LogP contribution in [-0.2, 0) is 19.7 Å². The van der Waals surface area contributed by atoms with Gasteiger partial charge < -0.3 is 19.7 Å². The standard InChI is InChI=1S/C16H18N2O2/c1-3-10-18-14(6-7-15(18)12-19)11-17-13-4-8-16(20-2)9-5-13/h1,4-9,17,19H,10-12H2,2H3. The molecule has 0 aliphatic heterocycles. The number of aliphatic hydroxyl groups excluding tert-OH is 1.